The Morgan fingerprint density at radius 3 is 2.00 bits per heavy atom. The molecule has 0 fully saturated rings. The van der Waals surface area contributed by atoms with Gasteiger partial charge in [-0.1, -0.05) is 48.5 Å². The van der Waals surface area contributed by atoms with Gasteiger partial charge < -0.3 is 4.74 Å². The molecule has 0 aliphatic heterocycles. The van der Waals surface area contributed by atoms with Crippen molar-refractivity contribution < 1.29 is 13.9 Å². The van der Waals surface area contributed by atoms with Crippen LogP contribution in [0.2, 0.25) is 0 Å². The largest absolute Gasteiger partial charge is 0.459 e. The molecular formula is C19H15O3+. The van der Waals surface area contributed by atoms with Crippen molar-refractivity contribution in [3.8, 4) is 22.5 Å². The molecule has 2 aromatic carbocycles. The fourth-order valence-electron chi connectivity index (χ4n) is 2.24. The minimum Gasteiger partial charge on any atom is -0.459 e. The lowest BCUT2D eigenvalue weighted by atomic mass is 10.0. The predicted octanol–water partition coefficient (Wildman–Crippen LogP) is 4.68. The van der Waals surface area contributed by atoms with Crippen molar-refractivity contribution in [2.24, 2.45) is 0 Å². The molecule has 1 aromatic heterocycles. The van der Waals surface area contributed by atoms with Crippen molar-refractivity contribution >= 4 is 5.97 Å². The van der Waals surface area contributed by atoms with Crippen LogP contribution in [0.1, 0.15) is 10.6 Å². The Balaban J connectivity index is 2.17. The summed E-state index contributed by atoms with van der Waals surface area (Å²) >= 11 is 0. The van der Waals surface area contributed by atoms with Crippen LogP contribution in [-0.4, -0.2) is 13.1 Å². The summed E-state index contributed by atoms with van der Waals surface area (Å²) in [5.74, 6) is 0.319. The maximum absolute atomic E-state index is 11.9. The standard InChI is InChI=1S/C19H15O3/c1-21-19(20)18-13-16(14-8-4-2-5-9-14)12-17(22-18)15-10-6-3-7-11-15/h2-13H,1H3/q+1. The van der Waals surface area contributed by atoms with Gasteiger partial charge in [0, 0.05) is 5.56 Å². The molecule has 0 spiro atoms. The lowest BCUT2D eigenvalue weighted by Crippen LogP contribution is -2.01. The highest BCUT2D eigenvalue weighted by atomic mass is 16.5. The Morgan fingerprint density at radius 2 is 1.41 bits per heavy atom. The summed E-state index contributed by atoms with van der Waals surface area (Å²) in [7, 11) is 1.34. The van der Waals surface area contributed by atoms with E-state index in [9.17, 15) is 4.79 Å². The van der Waals surface area contributed by atoms with Crippen LogP contribution in [-0.2, 0) is 4.74 Å². The number of esters is 1. The molecule has 3 aromatic rings. The summed E-state index contributed by atoms with van der Waals surface area (Å²) in [6.07, 6.45) is 0. The maximum Gasteiger partial charge on any atom is 0.438 e. The molecule has 3 nitrogen and oxygen atoms in total. The fraction of sp³-hybridized carbons (Fsp3) is 0.0526. The van der Waals surface area contributed by atoms with E-state index in [0.717, 1.165) is 16.7 Å². The first kappa shape index (κ1) is 14.0. The van der Waals surface area contributed by atoms with Crippen LogP contribution in [0.3, 0.4) is 0 Å². The second-order valence-electron chi connectivity index (χ2n) is 4.80. The van der Waals surface area contributed by atoms with Crippen molar-refractivity contribution in [1.29, 1.82) is 0 Å². The van der Waals surface area contributed by atoms with E-state index in [4.69, 9.17) is 9.15 Å². The van der Waals surface area contributed by atoms with Gasteiger partial charge in [-0.15, -0.1) is 0 Å². The van der Waals surface area contributed by atoms with Crippen LogP contribution in [0.25, 0.3) is 22.5 Å². The molecular weight excluding hydrogens is 276 g/mol. The number of methoxy groups -OCH3 is 1. The number of rotatable bonds is 3. The van der Waals surface area contributed by atoms with Gasteiger partial charge in [0.15, 0.2) is 0 Å². The van der Waals surface area contributed by atoms with Crippen molar-refractivity contribution in [3.05, 3.63) is 78.6 Å². The summed E-state index contributed by atoms with van der Waals surface area (Å²) in [4.78, 5) is 11.9. The number of carbonyl (C=O) groups is 1. The second-order valence-corrected chi connectivity index (χ2v) is 4.80. The average molecular weight is 291 g/mol. The third-order valence-electron chi connectivity index (χ3n) is 3.35. The van der Waals surface area contributed by atoms with Gasteiger partial charge in [-0.2, -0.15) is 4.42 Å². The monoisotopic (exact) mass is 291 g/mol. The van der Waals surface area contributed by atoms with Crippen molar-refractivity contribution in [2.75, 3.05) is 7.11 Å². The van der Waals surface area contributed by atoms with E-state index in [1.165, 1.54) is 7.11 Å². The SMILES string of the molecule is COC(=O)c1cc(-c2ccccc2)cc(-c2ccccc2)[o+]1. The molecule has 0 unspecified atom stereocenters. The molecule has 108 valence electrons. The van der Waals surface area contributed by atoms with Crippen LogP contribution in [0.4, 0.5) is 0 Å². The summed E-state index contributed by atoms with van der Waals surface area (Å²) in [5, 5.41) is 0. The van der Waals surface area contributed by atoms with Crippen LogP contribution < -0.4 is 0 Å². The zero-order valence-electron chi connectivity index (χ0n) is 12.2. The summed E-state index contributed by atoms with van der Waals surface area (Å²) in [5.41, 5.74) is 2.83. The topological polar surface area (TPSA) is 37.6 Å². The van der Waals surface area contributed by atoms with Crippen molar-refractivity contribution in [3.63, 3.8) is 0 Å². The fourth-order valence-corrected chi connectivity index (χ4v) is 2.24. The highest BCUT2D eigenvalue weighted by Gasteiger charge is 2.25. The molecule has 3 rings (SSSR count). The lowest BCUT2D eigenvalue weighted by molar-refractivity contribution is 0.0563. The Morgan fingerprint density at radius 1 is 0.818 bits per heavy atom. The van der Waals surface area contributed by atoms with Gasteiger partial charge in [0.2, 0.25) is 0 Å². The molecule has 0 aliphatic carbocycles. The Bertz CT molecular complexity index is 723. The second kappa shape index (κ2) is 6.22. The highest BCUT2D eigenvalue weighted by Crippen LogP contribution is 2.28. The first-order valence-electron chi connectivity index (χ1n) is 6.95. The first-order chi connectivity index (χ1) is 10.8. The van der Waals surface area contributed by atoms with Gasteiger partial charge in [0.25, 0.3) is 0 Å². The summed E-state index contributed by atoms with van der Waals surface area (Å²) in [6, 6.07) is 23.2. The number of hydrogen-bond acceptors (Lipinski definition) is 2. The number of hydrogen-bond donors (Lipinski definition) is 0. The molecule has 1 heterocycles. The zero-order chi connectivity index (χ0) is 15.4. The number of ether oxygens (including phenoxy) is 1. The maximum atomic E-state index is 11.9. The summed E-state index contributed by atoms with van der Waals surface area (Å²) in [6.45, 7) is 0. The van der Waals surface area contributed by atoms with E-state index in [1.54, 1.807) is 6.07 Å². The third-order valence-corrected chi connectivity index (χ3v) is 3.35. The van der Waals surface area contributed by atoms with E-state index in [2.05, 4.69) is 0 Å². The third kappa shape index (κ3) is 2.88. The zero-order valence-corrected chi connectivity index (χ0v) is 12.2. The molecule has 0 amide bonds. The van der Waals surface area contributed by atoms with E-state index < -0.39 is 5.97 Å². The van der Waals surface area contributed by atoms with Gasteiger partial charge in [0.05, 0.1) is 24.8 Å². The van der Waals surface area contributed by atoms with Crippen LogP contribution in [0, 0.1) is 0 Å². The predicted molar refractivity (Wildman–Crippen MR) is 85.3 cm³/mol. The average Bonchev–Trinajstić information content (AvgIpc) is 2.62. The summed E-state index contributed by atoms with van der Waals surface area (Å²) < 4.78 is 10.5. The van der Waals surface area contributed by atoms with E-state index in [1.807, 2.05) is 66.7 Å². The van der Waals surface area contributed by atoms with Gasteiger partial charge in [-0.3, -0.25) is 0 Å². The van der Waals surface area contributed by atoms with Crippen molar-refractivity contribution in [1.82, 2.24) is 0 Å². The minimum atomic E-state index is -0.491. The smallest absolute Gasteiger partial charge is 0.438 e. The number of carbonyl (C=O) groups excluding carboxylic acids is 1. The van der Waals surface area contributed by atoms with E-state index in [-0.39, 0.29) is 5.76 Å². The normalized spacial score (nSPS) is 10.2. The minimum absolute atomic E-state index is 0.183. The van der Waals surface area contributed by atoms with Gasteiger partial charge in [-0.05, 0) is 17.7 Å². The molecule has 0 saturated carbocycles. The van der Waals surface area contributed by atoms with E-state index in [0.29, 0.717) is 5.76 Å². The van der Waals surface area contributed by atoms with Gasteiger partial charge in [0.1, 0.15) is 0 Å². The van der Waals surface area contributed by atoms with Crippen molar-refractivity contribution in [2.45, 2.75) is 0 Å². The Labute approximate surface area is 128 Å². The van der Waals surface area contributed by atoms with Gasteiger partial charge in [-0.25, -0.2) is 4.79 Å². The molecule has 0 atom stereocenters. The molecule has 0 aliphatic rings. The lowest BCUT2D eigenvalue weighted by Gasteiger charge is -2.01. The molecule has 0 bridgehead atoms. The highest BCUT2D eigenvalue weighted by molar-refractivity contribution is 5.88. The van der Waals surface area contributed by atoms with Gasteiger partial charge >= 0.3 is 17.5 Å². The molecule has 22 heavy (non-hydrogen) atoms. The van der Waals surface area contributed by atoms with E-state index >= 15 is 0 Å². The molecule has 0 radical (unpaired) electrons. The van der Waals surface area contributed by atoms with Crippen LogP contribution >= 0.6 is 0 Å². The number of benzene rings is 2. The van der Waals surface area contributed by atoms with Crippen LogP contribution in [0.15, 0.2) is 77.2 Å². The Hall–Kier alpha value is -2.94. The molecule has 0 saturated heterocycles. The van der Waals surface area contributed by atoms with Crippen LogP contribution in [0.5, 0.6) is 0 Å². The first-order valence-corrected chi connectivity index (χ1v) is 6.95. The Kier molecular flexibility index (Phi) is 3.97. The molecule has 0 N–H and O–H groups in total. The quantitative estimate of drug-likeness (QED) is 0.519. The molecule has 3 heteroatoms.